The van der Waals surface area contributed by atoms with Gasteiger partial charge in [-0.1, -0.05) is 0 Å². The van der Waals surface area contributed by atoms with E-state index in [9.17, 15) is 8.78 Å². The van der Waals surface area contributed by atoms with Crippen LogP contribution >= 0.6 is 0 Å². The summed E-state index contributed by atoms with van der Waals surface area (Å²) < 4.78 is 28.2. The molecule has 1 aromatic rings. The molecule has 0 amide bonds. The van der Waals surface area contributed by atoms with E-state index in [1.54, 1.807) is 6.92 Å². The van der Waals surface area contributed by atoms with Crippen LogP contribution in [0.3, 0.4) is 0 Å². The predicted octanol–water partition coefficient (Wildman–Crippen LogP) is 1.82. The molecule has 0 fully saturated rings. The van der Waals surface area contributed by atoms with Crippen LogP contribution in [0, 0.1) is 6.92 Å². The first-order chi connectivity index (χ1) is 6.40. The van der Waals surface area contributed by atoms with Crippen LogP contribution in [0.25, 0.3) is 0 Å². The summed E-state index contributed by atoms with van der Waals surface area (Å²) in [5.74, 6) is -3.00. The summed E-state index contributed by atoms with van der Waals surface area (Å²) in [4.78, 5) is 0. The highest BCUT2D eigenvalue weighted by molar-refractivity contribution is 5.21. The smallest absolute Gasteiger partial charge is 0.301 e. The molecule has 0 aliphatic heterocycles. The molecule has 14 heavy (non-hydrogen) atoms. The quantitative estimate of drug-likeness (QED) is 0.814. The lowest BCUT2D eigenvalue weighted by Crippen LogP contribution is -2.29. The molecule has 1 rings (SSSR count). The van der Waals surface area contributed by atoms with Crippen LogP contribution in [-0.4, -0.2) is 16.3 Å². The molecular formula is C9H15F2N3. The lowest BCUT2D eigenvalue weighted by molar-refractivity contribution is -0.00502. The van der Waals surface area contributed by atoms with Crippen molar-refractivity contribution in [1.82, 2.24) is 9.78 Å². The van der Waals surface area contributed by atoms with Crippen molar-refractivity contribution >= 4 is 0 Å². The molecule has 0 aliphatic carbocycles. The third-order valence-corrected chi connectivity index (χ3v) is 2.07. The van der Waals surface area contributed by atoms with Crippen LogP contribution in [0.1, 0.15) is 31.1 Å². The van der Waals surface area contributed by atoms with Gasteiger partial charge in [0.1, 0.15) is 5.69 Å². The Morgan fingerprint density at radius 1 is 1.57 bits per heavy atom. The van der Waals surface area contributed by atoms with Crippen molar-refractivity contribution in [2.45, 2.75) is 32.7 Å². The third-order valence-electron chi connectivity index (χ3n) is 2.07. The molecule has 0 unspecified atom stereocenters. The molecule has 1 aromatic heterocycles. The maximum atomic E-state index is 13.4. The van der Waals surface area contributed by atoms with Crippen LogP contribution in [0.4, 0.5) is 8.78 Å². The molecular weight excluding hydrogens is 188 g/mol. The summed E-state index contributed by atoms with van der Waals surface area (Å²) in [6, 6.07) is -0.0869. The Morgan fingerprint density at radius 2 is 2.14 bits per heavy atom. The zero-order valence-electron chi connectivity index (χ0n) is 8.59. The van der Waals surface area contributed by atoms with Crippen LogP contribution in [0.15, 0.2) is 6.20 Å². The number of alkyl halides is 2. The Labute approximate surface area is 81.9 Å². The second kappa shape index (κ2) is 3.65. The van der Waals surface area contributed by atoms with Crippen LogP contribution < -0.4 is 5.73 Å². The molecule has 0 atom stereocenters. The molecule has 80 valence electrons. The maximum absolute atomic E-state index is 13.4. The van der Waals surface area contributed by atoms with E-state index in [0.29, 0.717) is 5.56 Å². The van der Waals surface area contributed by atoms with Gasteiger partial charge in [-0.15, -0.1) is 0 Å². The minimum absolute atomic E-state index is 0.0741. The Morgan fingerprint density at radius 3 is 2.57 bits per heavy atom. The van der Waals surface area contributed by atoms with Crippen molar-refractivity contribution in [3.8, 4) is 0 Å². The number of halogens is 2. The highest BCUT2D eigenvalue weighted by Gasteiger charge is 2.35. The highest BCUT2D eigenvalue weighted by atomic mass is 19.3. The Bertz CT molecular complexity index is 318. The first-order valence-electron chi connectivity index (χ1n) is 4.52. The first kappa shape index (κ1) is 11.1. The van der Waals surface area contributed by atoms with Gasteiger partial charge in [-0.2, -0.15) is 13.9 Å². The molecule has 5 heteroatoms. The largest absolute Gasteiger partial charge is 0.325 e. The first-order valence-corrected chi connectivity index (χ1v) is 4.52. The van der Waals surface area contributed by atoms with Gasteiger partial charge in [0.15, 0.2) is 0 Å². The summed E-state index contributed by atoms with van der Waals surface area (Å²) in [6.07, 6.45) is 1.44. The average Bonchev–Trinajstić information content (AvgIpc) is 2.47. The number of nitrogens with zero attached hydrogens (tertiary/aromatic N) is 2. The van der Waals surface area contributed by atoms with E-state index in [2.05, 4.69) is 5.10 Å². The van der Waals surface area contributed by atoms with Gasteiger partial charge in [-0.05, 0) is 26.3 Å². The van der Waals surface area contributed by atoms with Gasteiger partial charge >= 0.3 is 5.92 Å². The fourth-order valence-electron chi connectivity index (χ4n) is 1.39. The number of nitrogens with two attached hydrogens (primary N) is 1. The molecule has 2 N–H and O–H groups in total. The van der Waals surface area contributed by atoms with E-state index < -0.39 is 12.5 Å². The number of aryl methyl sites for hydroxylation is 1. The van der Waals surface area contributed by atoms with E-state index in [1.165, 1.54) is 10.9 Å². The van der Waals surface area contributed by atoms with Crippen molar-refractivity contribution in [1.29, 1.82) is 0 Å². The molecule has 0 radical (unpaired) electrons. The van der Waals surface area contributed by atoms with Crippen molar-refractivity contribution in [3.05, 3.63) is 17.5 Å². The molecule has 0 aliphatic rings. The Hall–Kier alpha value is -0.970. The Kier molecular flexibility index (Phi) is 2.89. The van der Waals surface area contributed by atoms with Gasteiger partial charge in [0, 0.05) is 6.04 Å². The van der Waals surface area contributed by atoms with Gasteiger partial charge in [0.2, 0.25) is 0 Å². The molecule has 0 aromatic carbocycles. The maximum Gasteiger partial charge on any atom is 0.301 e. The van der Waals surface area contributed by atoms with Crippen molar-refractivity contribution in [3.63, 3.8) is 0 Å². The number of rotatable bonds is 3. The lowest BCUT2D eigenvalue weighted by atomic mass is 10.1. The standard InChI is InChI=1S/C9H15F2N3/c1-6(2)14-8(7(3)4-13-14)9(10,11)5-12/h4,6H,5,12H2,1-3H3. The highest BCUT2D eigenvalue weighted by Crippen LogP contribution is 2.30. The normalized spacial score (nSPS) is 12.5. The fourth-order valence-corrected chi connectivity index (χ4v) is 1.39. The van der Waals surface area contributed by atoms with Crippen molar-refractivity contribution in [2.75, 3.05) is 6.54 Å². The zero-order valence-corrected chi connectivity index (χ0v) is 8.59. The van der Waals surface area contributed by atoms with E-state index >= 15 is 0 Å². The Balaban J connectivity index is 3.24. The molecule has 0 saturated carbocycles. The van der Waals surface area contributed by atoms with Crippen molar-refractivity contribution in [2.24, 2.45) is 5.73 Å². The van der Waals surface area contributed by atoms with Gasteiger partial charge in [-0.3, -0.25) is 4.68 Å². The minimum Gasteiger partial charge on any atom is -0.325 e. The summed E-state index contributed by atoms with van der Waals surface area (Å²) in [6.45, 7) is 4.54. The van der Waals surface area contributed by atoms with Crippen LogP contribution in [-0.2, 0) is 5.92 Å². The zero-order chi connectivity index (χ0) is 10.9. The summed E-state index contributed by atoms with van der Waals surface area (Å²) in [5, 5.41) is 3.91. The number of hydrogen-bond donors (Lipinski definition) is 1. The number of hydrogen-bond acceptors (Lipinski definition) is 2. The van der Waals surface area contributed by atoms with E-state index in [1.807, 2.05) is 13.8 Å². The molecule has 0 spiro atoms. The van der Waals surface area contributed by atoms with E-state index in [0.717, 1.165) is 0 Å². The molecule has 3 nitrogen and oxygen atoms in total. The summed E-state index contributed by atoms with van der Waals surface area (Å²) >= 11 is 0. The summed E-state index contributed by atoms with van der Waals surface area (Å²) in [5.41, 5.74) is 5.45. The van der Waals surface area contributed by atoms with Gasteiger partial charge in [-0.25, -0.2) is 0 Å². The van der Waals surface area contributed by atoms with Crippen LogP contribution in [0.5, 0.6) is 0 Å². The third kappa shape index (κ3) is 1.77. The van der Waals surface area contributed by atoms with Crippen LogP contribution in [0.2, 0.25) is 0 Å². The average molecular weight is 203 g/mol. The van der Waals surface area contributed by atoms with Gasteiger partial charge < -0.3 is 5.73 Å². The summed E-state index contributed by atoms with van der Waals surface area (Å²) in [7, 11) is 0. The SMILES string of the molecule is Cc1cnn(C(C)C)c1C(F)(F)CN. The topological polar surface area (TPSA) is 43.8 Å². The second-order valence-electron chi connectivity index (χ2n) is 3.62. The van der Waals surface area contributed by atoms with E-state index in [-0.39, 0.29) is 11.7 Å². The molecule has 1 heterocycles. The lowest BCUT2D eigenvalue weighted by Gasteiger charge is -2.19. The van der Waals surface area contributed by atoms with Gasteiger partial charge in [0.05, 0.1) is 12.7 Å². The molecule has 0 saturated heterocycles. The molecule has 0 bridgehead atoms. The van der Waals surface area contributed by atoms with Gasteiger partial charge in [0.25, 0.3) is 0 Å². The minimum atomic E-state index is -3.00. The van der Waals surface area contributed by atoms with E-state index in [4.69, 9.17) is 5.73 Å². The predicted molar refractivity (Wildman–Crippen MR) is 50.3 cm³/mol. The second-order valence-corrected chi connectivity index (χ2v) is 3.62. The monoisotopic (exact) mass is 203 g/mol. The fraction of sp³-hybridized carbons (Fsp3) is 0.667. The number of aromatic nitrogens is 2. The van der Waals surface area contributed by atoms with Crippen molar-refractivity contribution < 1.29 is 8.78 Å².